The van der Waals surface area contributed by atoms with Gasteiger partial charge in [0, 0.05) is 24.8 Å². The number of ether oxygens (including phenoxy) is 1. The van der Waals surface area contributed by atoms with Crippen LogP contribution in [0.1, 0.15) is 44.1 Å². The largest absolute Gasteiger partial charge is 0.385 e. The van der Waals surface area contributed by atoms with Gasteiger partial charge in [-0.1, -0.05) is 18.5 Å². The van der Waals surface area contributed by atoms with Crippen molar-refractivity contribution in [2.45, 2.75) is 44.4 Å². The summed E-state index contributed by atoms with van der Waals surface area (Å²) < 4.78 is 10.6. The lowest BCUT2D eigenvalue weighted by Gasteiger charge is -2.38. The number of nitrogens with one attached hydrogen (secondary N) is 1. The van der Waals surface area contributed by atoms with E-state index in [4.69, 9.17) is 9.26 Å². The number of aryl methyl sites for hydroxylation is 1. The lowest BCUT2D eigenvalue weighted by Crippen LogP contribution is -2.36. The number of H-pyrrole nitrogens is 1. The molecule has 0 amide bonds. The van der Waals surface area contributed by atoms with Crippen LogP contribution in [0.4, 0.5) is 0 Å². The molecule has 1 N–H and O–H groups in total. The molecule has 2 aromatic rings. The molecule has 0 radical (unpaired) electrons. The van der Waals surface area contributed by atoms with E-state index in [0.29, 0.717) is 5.89 Å². The fraction of sp³-hybridized carbons (Fsp3) is 0.643. The fourth-order valence-electron chi connectivity index (χ4n) is 2.68. The number of methoxy groups -OCH3 is 1. The molecular weight excluding hydrogens is 256 g/mol. The predicted octanol–water partition coefficient (Wildman–Crippen LogP) is 2.48. The van der Waals surface area contributed by atoms with E-state index >= 15 is 0 Å². The molecule has 1 fully saturated rings. The van der Waals surface area contributed by atoms with Crippen molar-refractivity contribution in [3.05, 3.63) is 17.6 Å². The lowest BCUT2D eigenvalue weighted by molar-refractivity contribution is 0.122. The third kappa shape index (κ3) is 2.24. The van der Waals surface area contributed by atoms with Gasteiger partial charge in [-0.3, -0.25) is 5.10 Å². The molecule has 2 heterocycles. The molecule has 6 nitrogen and oxygen atoms in total. The Hall–Kier alpha value is -1.69. The van der Waals surface area contributed by atoms with Crippen molar-refractivity contribution in [3.8, 4) is 11.6 Å². The highest BCUT2D eigenvalue weighted by molar-refractivity contribution is 5.46. The topological polar surface area (TPSA) is 76.8 Å². The maximum atomic E-state index is 5.39. The summed E-state index contributed by atoms with van der Waals surface area (Å²) in [7, 11) is 1.73. The highest BCUT2D eigenvalue weighted by Gasteiger charge is 2.42. The Morgan fingerprint density at radius 1 is 1.45 bits per heavy atom. The Kier molecular flexibility index (Phi) is 3.56. The van der Waals surface area contributed by atoms with Crippen molar-refractivity contribution in [2.75, 3.05) is 13.7 Å². The van der Waals surface area contributed by atoms with E-state index in [0.717, 1.165) is 49.5 Å². The van der Waals surface area contributed by atoms with Crippen molar-refractivity contribution >= 4 is 0 Å². The van der Waals surface area contributed by atoms with Crippen molar-refractivity contribution < 1.29 is 9.26 Å². The van der Waals surface area contributed by atoms with Gasteiger partial charge in [0.15, 0.2) is 11.5 Å². The number of hydrogen-bond acceptors (Lipinski definition) is 5. The monoisotopic (exact) mass is 276 g/mol. The molecule has 0 bridgehead atoms. The number of hydrogen-bond donors (Lipinski definition) is 1. The lowest BCUT2D eigenvalue weighted by atomic mass is 9.66. The van der Waals surface area contributed by atoms with Crippen LogP contribution < -0.4 is 0 Å². The van der Waals surface area contributed by atoms with E-state index in [9.17, 15) is 0 Å². The van der Waals surface area contributed by atoms with Crippen LogP contribution in [0.5, 0.6) is 0 Å². The van der Waals surface area contributed by atoms with Crippen molar-refractivity contribution in [3.63, 3.8) is 0 Å². The summed E-state index contributed by atoms with van der Waals surface area (Å²) in [5, 5.41) is 11.4. The first kappa shape index (κ1) is 13.3. The van der Waals surface area contributed by atoms with Crippen LogP contribution in [0, 0.1) is 0 Å². The average molecular weight is 276 g/mol. The van der Waals surface area contributed by atoms with E-state index in [1.54, 1.807) is 7.11 Å². The van der Waals surface area contributed by atoms with Crippen LogP contribution in [-0.2, 0) is 16.6 Å². The van der Waals surface area contributed by atoms with Crippen LogP contribution >= 0.6 is 0 Å². The highest BCUT2D eigenvalue weighted by atomic mass is 16.5. The quantitative estimate of drug-likeness (QED) is 0.877. The van der Waals surface area contributed by atoms with Crippen LogP contribution in [0.15, 0.2) is 10.6 Å². The Morgan fingerprint density at radius 2 is 2.30 bits per heavy atom. The zero-order valence-corrected chi connectivity index (χ0v) is 12.0. The van der Waals surface area contributed by atoms with Gasteiger partial charge in [0.05, 0.1) is 0 Å². The molecule has 0 atom stereocenters. The molecule has 2 aromatic heterocycles. The van der Waals surface area contributed by atoms with Gasteiger partial charge in [0.25, 0.3) is 5.89 Å². The second-order valence-corrected chi connectivity index (χ2v) is 5.43. The molecule has 1 aliphatic rings. The molecule has 0 spiro atoms. The zero-order chi connectivity index (χ0) is 14.0. The first-order valence-corrected chi connectivity index (χ1v) is 7.15. The second kappa shape index (κ2) is 5.36. The maximum Gasteiger partial charge on any atom is 0.278 e. The summed E-state index contributed by atoms with van der Waals surface area (Å²) in [5.41, 5.74) is 1.83. The Morgan fingerprint density at radius 3 is 2.90 bits per heavy atom. The van der Waals surface area contributed by atoms with Crippen molar-refractivity contribution in [2.24, 2.45) is 0 Å². The van der Waals surface area contributed by atoms with Gasteiger partial charge in [-0.15, -0.1) is 0 Å². The van der Waals surface area contributed by atoms with Crippen LogP contribution in [0.3, 0.4) is 0 Å². The molecule has 1 aliphatic carbocycles. The van der Waals surface area contributed by atoms with Crippen LogP contribution in [-0.4, -0.2) is 34.1 Å². The van der Waals surface area contributed by atoms with Crippen LogP contribution in [0.2, 0.25) is 0 Å². The number of aromatic amines is 1. The fourth-order valence-corrected chi connectivity index (χ4v) is 2.68. The van der Waals surface area contributed by atoms with Gasteiger partial charge < -0.3 is 9.26 Å². The molecule has 0 saturated heterocycles. The Balaban J connectivity index is 1.82. The Bertz CT molecular complexity index is 571. The summed E-state index contributed by atoms with van der Waals surface area (Å²) in [4.78, 5) is 4.56. The summed E-state index contributed by atoms with van der Waals surface area (Å²) in [5.74, 6) is 1.30. The van der Waals surface area contributed by atoms with Gasteiger partial charge in [-0.05, 0) is 31.7 Å². The minimum Gasteiger partial charge on any atom is -0.385 e. The van der Waals surface area contributed by atoms with Gasteiger partial charge in [0.2, 0.25) is 0 Å². The first-order chi connectivity index (χ1) is 9.77. The average Bonchev–Trinajstić information content (AvgIpc) is 3.06. The van der Waals surface area contributed by atoms with E-state index < -0.39 is 0 Å². The molecule has 0 unspecified atom stereocenters. The van der Waals surface area contributed by atoms with Crippen molar-refractivity contribution in [1.29, 1.82) is 0 Å². The van der Waals surface area contributed by atoms with E-state index in [1.807, 2.05) is 6.07 Å². The summed E-state index contributed by atoms with van der Waals surface area (Å²) in [6.45, 7) is 2.80. The first-order valence-electron chi connectivity index (χ1n) is 7.15. The van der Waals surface area contributed by atoms with E-state index in [2.05, 4.69) is 27.3 Å². The molecule has 0 aromatic carbocycles. The van der Waals surface area contributed by atoms with Gasteiger partial charge in [-0.25, -0.2) is 0 Å². The molecule has 108 valence electrons. The van der Waals surface area contributed by atoms with E-state index in [1.165, 1.54) is 6.42 Å². The van der Waals surface area contributed by atoms with Gasteiger partial charge in [0.1, 0.15) is 0 Å². The molecule has 0 aliphatic heterocycles. The molecule has 20 heavy (non-hydrogen) atoms. The minimum atomic E-state index is 0.0433. The smallest absolute Gasteiger partial charge is 0.278 e. The second-order valence-electron chi connectivity index (χ2n) is 5.43. The standard InChI is InChI=1S/C14H20N4O2/c1-3-10-9-11(17-16-10)12-15-13(18-20-12)14(5-4-6-14)7-8-19-2/h9H,3-8H2,1-2H3,(H,16,17). The normalized spacial score (nSPS) is 17.1. The SMILES string of the molecule is CCc1cc(-c2nc(C3(CCOC)CCC3)no2)n[nH]1. The number of rotatable bonds is 6. The van der Waals surface area contributed by atoms with Gasteiger partial charge in [-0.2, -0.15) is 10.1 Å². The molecule has 3 rings (SSSR count). The summed E-state index contributed by atoms with van der Waals surface area (Å²) in [6, 6.07) is 1.96. The highest BCUT2D eigenvalue weighted by Crippen LogP contribution is 2.45. The zero-order valence-electron chi connectivity index (χ0n) is 12.0. The molecular formula is C14H20N4O2. The summed E-state index contributed by atoms with van der Waals surface area (Å²) >= 11 is 0. The van der Waals surface area contributed by atoms with E-state index in [-0.39, 0.29) is 5.41 Å². The molecule has 1 saturated carbocycles. The number of nitrogens with zero attached hydrogens (tertiary/aromatic N) is 3. The van der Waals surface area contributed by atoms with Gasteiger partial charge >= 0.3 is 0 Å². The molecule has 6 heteroatoms. The maximum absolute atomic E-state index is 5.39. The minimum absolute atomic E-state index is 0.0433. The third-order valence-corrected chi connectivity index (χ3v) is 4.23. The van der Waals surface area contributed by atoms with Crippen LogP contribution in [0.25, 0.3) is 11.6 Å². The summed E-state index contributed by atoms with van der Waals surface area (Å²) in [6.07, 6.45) is 5.29. The number of aromatic nitrogens is 4. The third-order valence-electron chi connectivity index (χ3n) is 4.23. The Labute approximate surface area is 117 Å². The predicted molar refractivity (Wildman–Crippen MR) is 73.3 cm³/mol. The van der Waals surface area contributed by atoms with Crippen molar-refractivity contribution in [1.82, 2.24) is 20.3 Å².